The molecule has 3 aliphatic heterocycles. The molecular weight excluding hydrogens is 326 g/mol. The van der Waals surface area contributed by atoms with E-state index >= 15 is 0 Å². The summed E-state index contributed by atoms with van der Waals surface area (Å²) in [6.07, 6.45) is 4.08. The molecule has 0 amide bonds. The van der Waals surface area contributed by atoms with E-state index in [1.54, 1.807) is 0 Å². The molecule has 3 saturated heterocycles. The molecule has 0 aromatic carbocycles. The predicted molar refractivity (Wildman–Crippen MR) is 108 cm³/mol. The van der Waals surface area contributed by atoms with Crippen LogP contribution in [0, 0.1) is 5.92 Å². The third kappa shape index (κ3) is 5.33. The highest BCUT2D eigenvalue weighted by molar-refractivity contribution is 5.80. The van der Waals surface area contributed by atoms with Crippen molar-refractivity contribution in [3.05, 3.63) is 0 Å². The fourth-order valence-electron chi connectivity index (χ4n) is 4.65. The van der Waals surface area contributed by atoms with Gasteiger partial charge < -0.3 is 19.9 Å². The minimum Gasteiger partial charge on any atom is -0.379 e. The van der Waals surface area contributed by atoms with Gasteiger partial charge in [0.2, 0.25) is 0 Å². The van der Waals surface area contributed by atoms with Crippen LogP contribution >= 0.6 is 0 Å². The zero-order chi connectivity index (χ0) is 18.4. The second kappa shape index (κ2) is 9.90. The molecule has 6 nitrogen and oxygen atoms in total. The van der Waals surface area contributed by atoms with Crippen LogP contribution in [0.1, 0.15) is 40.0 Å². The van der Waals surface area contributed by atoms with Gasteiger partial charge in [0.25, 0.3) is 0 Å². The average Bonchev–Trinajstić information content (AvgIpc) is 3.31. The standard InChI is InChI=1S/C20H39N5O/c1-4-21-20(22-13-17(2)25-11-12-26-16-18(25)3)24-10-7-19(15-24)14-23-8-5-6-9-23/h17-19H,4-16H2,1-3H3,(H,21,22). The molecule has 0 aromatic rings. The zero-order valence-electron chi connectivity index (χ0n) is 17.1. The van der Waals surface area contributed by atoms with Crippen LogP contribution < -0.4 is 5.32 Å². The fourth-order valence-corrected chi connectivity index (χ4v) is 4.65. The molecule has 3 fully saturated rings. The second-order valence-corrected chi connectivity index (χ2v) is 8.31. The van der Waals surface area contributed by atoms with Gasteiger partial charge in [-0.2, -0.15) is 0 Å². The van der Waals surface area contributed by atoms with Gasteiger partial charge in [-0.3, -0.25) is 9.89 Å². The molecule has 0 radical (unpaired) electrons. The summed E-state index contributed by atoms with van der Waals surface area (Å²) in [7, 11) is 0. The van der Waals surface area contributed by atoms with Gasteiger partial charge in [0, 0.05) is 44.8 Å². The number of nitrogens with one attached hydrogen (secondary N) is 1. The smallest absolute Gasteiger partial charge is 0.193 e. The number of hydrogen-bond acceptors (Lipinski definition) is 4. The number of guanidine groups is 1. The Balaban J connectivity index is 1.51. The lowest BCUT2D eigenvalue weighted by Crippen LogP contribution is -2.49. The third-order valence-corrected chi connectivity index (χ3v) is 6.13. The molecule has 150 valence electrons. The Morgan fingerprint density at radius 3 is 2.77 bits per heavy atom. The molecule has 26 heavy (non-hydrogen) atoms. The van der Waals surface area contributed by atoms with E-state index in [0.29, 0.717) is 12.1 Å². The topological polar surface area (TPSA) is 43.3 Å². The summed E-state index contributed by atoms with van der Waals surface area (Å²) >= 11 is 0. The lowest BCUT2D eigenvalue weighted by Gasteiger charge is -2.37. The third-order valence-electron chi connectivity index (χ3n) is 6.13. The van der Waals surface area contributed by atoms with Crippen molar-refractivity contribution in [2.45, 2.75) is 52.1 Å². The largest absolute Gasteiger partial charge is 0.379 e. The zero-order valence-corrected chi connectivity index (χ0v) is 17.1. The van der Waals surface area contributed by atoms with E-state index in [1.165, 1.54) is 38.9 Å². The Hall–Kier alpha value is -0.850. The molecule has 3 atom stereocenters. The summed E-state index contributed by atoms with van der Waals surface area (Å²) in [6, 6.07) is 0.957. The Morgan fingerprint density at radius 1 is 1.23 bits per heavy atom. The number of nitrogens with zero attached hydrogens (tertiary/aromatic N) is 4. The number of ether oxygens (including phenoxy) is 1. The van der Waals surface area contributed by atoms with Gasteiger partial charge in [-0.25, -0.2) is 0 Å². The predicted octanol–water partition coefficient (Wildman–Crippen LogP) is 1.48. The van der Waals surface area contributed by atoms with E-state index in [2.05, 4.69) is 40.8 Å². The molecule has 3 aliphatic rings. The SMILES string of the molecule is CCNC(=NCC(C)N1CCOCC1C)N1CCC(CN2CCCC2)C1. The van der Waals surface area contributed by atoms with Crippen LogP contribution in [0.5, 0.6) is 0 Å². The molecule has 1 N–H and O–H groups in total. The van der Waals surface area contributed by atoms with Crippen LogP contribution in [-0.2, 0) is 4.74 Å². The number of morpholine rings is 1. The van der Waals surface area contributed by atoms with Crippen molar-refractivity contribution in [1.29, 1.82) is 0 Å². The van der Waals surface area contributed by atoms with Gasteiger partial charge in [0.15, 0.2) is 5.96 Å². The minimum absolute atomic E-state index is 0.463. The monoisotopic (exact) mass is 365 g/mol. The average molecular weight is 366 g/mol. The maximum atomic E-state index is 5.57. The summed E-state index contributed by atoms with van der Waals surface area (Å²) in [4.78, 5) is 12.7. The molecule has 3 rings (SSSR count). The van der Waals surface area contributed by atoms with Crippen LogP contribution in [0.3, 0.4) is 0 Å². The van der Waals surface area contributed by atoms with Crippen LogP contribution in [0.2, 0.25) is 0 Å². The van der Waals surface area contributed by atoms with E-state index in [1.807, 2.05) is 0 Å². The first-order chi connectivity index (χ1) is 12.7. The van der Waals surface area contributed by atoms with E-state index in [0.717, 1.165) is 57.8 Å². The Morgan fingerprint density at radius 2 is 2.04 bits per heavy atom. The molecule has 3 unspecified atom stereocenters. The summed E-state index contributed by atoms with van der Waals surface area (Å²) in [6.45, 7) is 17.4. The second-order valence-electron chi connectivity index (χ2n) is 8.31. The van der Waals surface area contributed by atoms with Crippen LogP contribution in [0.25, 0.3) is 0 Å². The Labute approximate surface area is 159 Å². The fraction of sp³-hybridized carbons (Fsp3) is 0.950. The number of rotatable bonds is 6. The van der Waals surface area contributed by atoms with Gasteiger partial charge in [-0.1, -0.05) is 0 Å². The van der Waals surface area contributed by atoms with E-state index in [-0.39, 0.29) is 0 Å². The number of aliphatic imine (C=N–C) groups is 1. The first-order valence-electron chi connectivity index (χ1n) is 10.8. The van der Waals surface area contributed by atoms with Crippen molar-refractivity contribution in [3.63, 3.8) is 0 Å². The summed E-state index contributed by atoms with van der Waals surface area (Å²) in [5.74, 6) is 1.91. The van der Waals surface area contributed by atoms with Crippen molar-refractivity contribution in [1.82, 2.24) is 20.0 Å². The van der Waals surface area contributed by atoms with E-state index in [4.69, 9.17) is 9.73 Å². The number of hydrogen-bond donors (Lipinski definition) is 1. The number of likely N-dealkylation sites (tertiary alicyclic amines) is 2. The molecule has 3 heterocycles. The van der Waals surface area contributed by atoms with Crippen molar-refractivity contribution in [2.75, 3.05) is 65.6 Å². The quantitative estimate of drug-likeness (QED) is 0.570. The van der Waals surface area contributed by atoms with E-state index in [9.17, 15) is 0 Å². The summed E-state index contributed by atoms with van der Waals surface area (Å²) in [5.41, 5.74) is 0. The highest BCUT2D eigenvalue weighted by Gasteiger charge is 2.28. The molecule has 0 saturated carbocycles. The summed E-state index contributed by atoms with van der Waals surface area (Å²) < 4.78 is 5.57. The molecule has 0 spiro atoms. The lowest BCUT2D eigenvalue weighted by molar-refractivity contribution is -0.0166. The van der Waals surface area contributed by atoms with Gasteiger partial charge in [-0.15, -0.1) is 0 Å². The van der Waals surface area contributed by atoms with Gasteiger partial charge in [-0.05, 0) is 59.0 Å². The van der Waals surface area contributed by atoms with Crippen molar-refractivity contribution in [2.24, 2.45) is 10.9 Å². The first-order valence-corrected chi connectivity index (χ1v) is 10.8. The molecule has 0 aromatic heterocycles. The normalized spacial score (nSPS) is 30.1. The minimum atomic E-state index is 0.463. The van der Waals surface area contributed by atoms with Gasteiger partial charge in [0.1, 0.15) is 0 Å². The van der Waals surface area contributed by atoms with Crippen LogP contribution in [-0.4, -0.2) is 98.3 Å². The highest BCUT2D eigenvalue weighted by Crippen LogP contribution is 2.20. The van der Waals surface area contributed by atoms with Gasteiger partial charge >= 0.3 is 0 Å². The first kappa shape index (κ1) is 19.9. The van der Waals surface area contributed by atoms with Crippen LogP contribution in [0.15, 0.2) is 4.99 Å². The maximum Gasteiger partial charge on any atom is 0.193 e. The Kier molecular flexibility index (Phi) is 7.58. The van der Waals surface area contributed by atoms with Crippen molar-refractivity contribution >= 4 is 5.96 Å². The molecule has 0 bridgehead atoms. The highest BCUT2D eigenvalue weighted by atomic mass is 16.5. The van der Waals surface area contributed by atoms with Crippen molar-refractivity contribution in [3.8, 4) is 0 Å². The van der Waals surface area contributed by atoms with Gasteiger partial charge in [0.05, 0.1) is 19.8 Å². The molecule has 0 aliphatic carbocycles. The Bertz CT molecular complexity index is 451. The molecular formula is C20H39N5O. The van der Waals surface area contributed by atoms with Crippen LogP contribution in [0.4, 0.5) is 0 Å². The molecule has 6 heteroatoms. The lowest BCUT2D eigenvalue weighted by atomic mass is 10.1. The summed E-state index contributed by atoms with van der Waals surface area (Å²) in [5, 5.41) is 3.53. The maximum absolute atomic E-state index is 5.57. The van der Waals surface area contributed by atoms with Crippen molar-refractivity contribution < 1.29 is 4.74 Å². The van der Waals surface area contributed by atoms with E-state index < -0.39 is 0 Å².